The summed E-state index contributed by atoms with van der Waals surface area (Å²) in [7, 11) is -2.40. The van der Waals surface area contributed by atoms with E-state index >= 15 is 0 Å². The molecule has 0 spiro atoms. The van der Waals surface area contributed by atoms with E-state index in [0.29, 0.717) is 5.56 Å². The lowest BCUT2D eigenvalue weighted by Crippen LogP contribution is -2.40. The van der Waals surface area contributed by atoms with E-state index in [2.05, 4.69) is 6.07 Å². The highest BCUT2D eigenvalue weighted by Crippen LogP contribution is 2.28. The third kappa shape index (κ3) is 2.70. The molecule has 6 nitrogen and oxygen atoms in total. The van der Waals surface area contributed by atoms with Gasteiger partial charge >= 0.3 is 5.97 Å². The monoisotopic (exact) mass is 298 g/mol. The van der Waals surface area contributed by atoms with Crippen LogP contribution in [0.1, 0.15) is 12.0 Å². The molecule has 0 aliphatic carbocycles. The maximum Gasteiger partial charge on any atom is 0.322 e. The fourth-order valence-electron chi connectivity index (χ4n) is 2.28. The Morgan fingerprint density at radius 3 is 2.80 bits per heavy atom. The van der Waals surface area contributed by atoms with Gasteiger partial charge < -0.3 is 9.84 Å². The predicted octanol–water partition coefficient (Wildman–Crippen LogP) is 0.658. The Bertz CT molecular complexity index is 613. The molecule has 7 heteroatoms. The average Bonchev–Trinajstić information content (AvgIpc) is 2.83. The molecule has 0 bridgehead atoms. The standard InChI is InChI=1S/C13H16NO5S/c1-9-4-3-5-11(6-9)20(17,18)14-8-10(19-2)7-12(14)13(15)16/h3,5-6,10,12H,7-8H2,1-2H3,(H,15,16)/t10-,12+/m1/s1. The molecule has 2 rings (SSSR count). The molecule has 20 heavy (non-hydrogen) atoms. The van der Waals surface area contributed by atoms with Crippen LogP contribution < -0.4 is 0 Å². The summed E-state index contributed by atoms with van der Waals surface area (Å²) in [6.07, 6.45) is -0.245. The maximum absolute atomic E-state index is 12.6. The summed E-state index contributed by atoms with van der Waals surface area (Å²) in [5, 5.41) is 9.19. The molecule has 1 saturated heterocycles. The molecule has 1 aromatic carbocycles. The van der Waals surface area contributed by atoms with Crippen LogP contribution in [-0.4, -0.2) is 49.6 Å². The van der Waals surface area contributed by atoms with E-state index in [1.807, 2.05) is 0 Å². The average molecular weight is 298 g/mol. The number of aryl methyl sites for hydroxylation is 1. The third-order valence-corrected chi connectivity index (χ3v) is 5.23. The lowest BCUT2D eigenvalue weighted by atomic mass is 10.2. The smallest absolute Gasteiger partial charge is 0.322 e. The van der Waals surface area contributed by atoms with E-state index in [0.717, 1.165) is 4.31 Å². The van der Waals surface area contributed by atoms with E-state index in [1.54, 1.807) is 6.92 Å². The van der Waals surface area contributed by atoms with Crippen LogP contribution in [0.2, 0.25) is 0 Å². The van der Waals surface area contributed by atoms with Gasteiger partial charge in [-0.15, -0.1) is 0 Å². The molecule has 1 N–H and O–H groups in total. The molecule has 0 amide bonds. The molecule has 0 aromatic heterocycles. The minimum Gasteiger partial charge on any atom is -0.480 e. The second-order valence-electron chi connectivity index (χ2n) is 4.73. The Kier molecular flexibility index (Phi) is 4.12. The van der Waals surface area contributed by atoms with Crippen molar-refractivity contribution in [3.05, 3.63) is 29.8 Å². The van der Waals surface area contributed by atoms with E-state index in [-0.39, 0.29) is 17.9 Å². The van der Waals surface area contributed by atoms with Gasteiger partial charge in [-0.25, -0.2) is 8.42 Å². The lowest BCUT2D eigenvalue weighted by Gasteiger charge is -2.20. The predicted molar refractivity (Wildman–Crippen MR) is 70.7 cm³/mol. The summed E-state index contributed by atoms with van der Waals surface area (Å²) in [5.41, 5.74) is 0.681. The summed E-state index contributed by atoms with van der Waals surface area (Å²) < 4.78 is 31.2. The number of nitrogens with zero attached hydrogens (tertiary/aromatic N) is 1. The first-order valence-electron chi connectivity index (χ1n) is 6.12. The first-order chi connectivity index (χ1) is 9.36. The number of methoxy groups -OCH3 is 1. The quantitative estimate of drug-likeness (QED) is 0.882. The van der Waals surface area contributed by atoms with Crippen LogP contribution >= 0.6 is 0 Å². The molecule has 2 atom stereocenters. The summed E-state index contributed by atoms with van der Waals surface area (Å²) in [6, 6.07) is 6.19. The zero-order valence-corrected chi connectivity index (χ0v) is 12.1. The molecule has 1 heterocycles. The van der Waals surface area contributed by atoms with E-state index in [1.165, 1.54) is 25.3 Å². The Morgan fingerprint density at radius 2 is 2.25 bits per heavy atom. The molecule has 1 radical (unpaired) electrons. The van der Waals surface area contributed by atoms with E-state index < -0.39 is 28.1 Å². The van der Waals surface area contributed by atoms with Crippen LogP contribution in [0.4, 0.5) is 0 Å². The van der Waals surface area contributed by atoms with Crippen LogP contribution in [-0.2, 0) is 19.6 Å². The molecule has 0 unspecified atom stereocenters. The summed E-state index contributed by atoms with van der Waals surface area (Å²) >= 11 is 0. The molecule has 109 valence electrons. The van der Waals surface area contributed by atoms with Crippen molar-refractivity contribution in [1.29, 1.82) is 0 Å². The van der Waals surface area contributed by atoms with Gasteiger partial charge in [-0.05, 0) is 30.7 Å². The Labute approximate surface area is 118 Å². The molecule has 1 fully saturated rings. The van der Waals surface area contributed by atoms with Gasteiger partial charge in [0.2, 0.25) is 10.0 Å². The third-order valence-electron chi connectivity index (χ3n) is 3.36. The maximum atomic E-state index is 12.6. The van der Waals surface area contributed by atoms with Gasteiger partial charge in [-0.2, -0.15) is 4.31 Å². The van der Waals surface area contributed by atoms with Crippen molar-refractivity contribution >= 4 is 16.0 Å². The largest absolute Gasteiger partial charge is 0.480 e. The second-order valence-corrected chi connectivity index (χ2v) is 6.62. The second kappa shape index (κ2) is 5.51. The molecule has 0 saturated carbocycles. The Hall–Kier alpha value is -1.44. The van der Waals surface area contributed by atoms with Crippen molar-refractivity contribution in [3.8, 4) is 0 Å². The Balaban J connectivity index is 2.39. The minimum absolute atomic E-state index is 0.0491. The van der Waals surface area contributed by atoms with Crippen LogP contribution in [0, 0.1) is 13.0 Å². The van der Waals surface area contributed by atoms with Gasteiger partial charge in [0, 0.05) is 20.1 Å². The van der Waals surface area contributed by atoms with Crippen molar-refractivity contribution < 1.29 is 23.1 Å². The number of ether oxygens (including phenoxy) is 1. The zero-order valence-electron chi connectivity index (χ0n) is 11.2. The number of sulfonamides is 1. The van der Waals surface area contributed by atoms with Crippen molar-refractivity contribution in [2.24, 2.45) is 0 Å². The van der Waals surface area contributed by atoms with Crippen LogP contribution in [0.25, 0.3) is 0 Å². The number of aliphatic carboxylic acids is 1. The molecular formula is C13H16NO5S. The normalized spacial score (nSPS) is 23.9. The number of hydrogen-bond donors (Lipinski definition) is 1. The topological polar surface area (TPSA) is 83.9 Å². The highest BCUT2D eigenvalue weighted by Gasteiger charge is 2.44. The first kappa shape index (κ1) is 15.0. The van der Waals surface area contributed by atoms with Crippen LogP contribution in [0.3, 0.4) is 0 Å². The number of carboxylic acids is 1. The van der Waals surface area contributed by atoms with Crippen molar-refractivity contribution in [2.45, 2.75) is 30.4 Å². The fraction of sp³-hybridized carbons (Fsp3) is 0.462. The van der Waals surface area contributed by atoms with Gasteiger partial charge in [0.15, 0.2) is 0 Å². The fourth-order valence-corrected chi connectivity index (χ4v) is 3.99. The number of benzene rings is 1. The molecule has 1 aromatic rings. The number of carboxylic acid groups (broad SMARTS) is 1. The van der Waals surface area contributed by atoms with E-state index in [4.69, 9.17) is 4.74 Å². The highest BCUT2D eigenvalue weighted by atomic mass is 32.2. The summed E-state index contributed by atoms with van der Waals surface area (Å²) in [4.78, 5) is 11.3. The van der Waals surface area contributed by atoms with Gasteiger partial charge in [-0.3, -0.25) is 4.79 Å². The summed E-state index contributed by atoms with van der Waals surface area (Å²) in [6.45, 7) is 1.78. The van der Waals surface area contributed by atoms with Crippen molar-refractivity contribution in [1.82, 2.24) is 4.31 Å². The van der Waals surface area contributed by atoms with Crippen LogP contribution in [0.15, 0.2) is 23.1 Å². The number of carbonyl (C=O) groups is 1. The number of rotatable bonds is 4. The summed E-state index contributed by atoms with van der Waals surface area (Å²) in [5.74, 6) is -1.16. The van der Waals surface area contributed by atoms with Gasteiger partial charge in [0.25, 0.3) is 0 Å². The van der Waals surface area contributed by atoms with Crippen molar-refractivity contribution in [2.75, 3.05) is 13.7 Å². The Morgan fingerprint density at radius 1 is 1.55 bits per heavy atom. The molecular weight excluding hydrogens is 282 g/mol. The number of hydrogen-bond acceptors (Lipinski definition) is 4. The molecule has 1 aliphatic rings. The van der Waals surface area contributed by atoms with Gasteiger partial charge in [-0.1, -0.05) is 6.07 Å². The SMILES string of the molecule is CO[C@@H]1C[C@@H](C(=O)O)N(S(=O)(=O)c2cc[c]c(C)c2)C1. The lowest BCUT2D eigenvalue weighted by molar-refractivity contribution is -0.140. The highest BCUT2D eigenvalue weighted by molar-refractivity contribution is 7.89. The van der Waals surface area contributed by atoms with Crippen molar-refractivity contribution in [3.63, 3.8) is 0 Å². The first-order valence-corrected chi connectivity index (χ1v) is 7.56. The van der Waals surface area contributed by atoms with Gasteiger partial charge in [0.1, 0.15) is 6.04 Å². The van der Waals surface area contributed by atoms with E-state index in [9.17, 15) is 18.3 Å². The minimum atomic E-state index is -3.85. The molecule has 1 aliphatic heterocycles. The zero-order chi connectivity index (χ0) is 14.9. The van der Waals surface area contributed by atoms with Gasteiger partial charge in [0.05, 0.1) is 11.0 Å². The van der Waals surface area contributed by atoms with Crippen LogP contribution in [0.5, 0.6) is 0 Å².